The van der Waals surface area contributed by atoms with E-state index < -0.39 is 12.7 Å². The fraction of sp³-hybridized carbons (Fsp3) is 0.0833. The number of nitrogens with two attached hydrogens (primary N) is 1. The van der Waals surface area contributed by atoms with E-state index in [1.807, 2.05) is 0 Å². The lowest BCUT2D eigenvalue weighted by Crippen LogP contribution is -2.17. The number of thiophene rings is 2. The number of halogens is 6. The number of ether oxygens (including phenoxy) is 2. The largest absolute Gasteiger partial charge is 0.573 e. The molecule has 0 aliphatic carbocycles. The number of nitrogens with zero attached hydrogens (tertiary/aromatic N) is 3. The summed E-state index contributed by atoms with van der Waals surface area (Å²) in [5, 5.41) is 5.39. The first-order valence-corrected chi connectivity index (χ1v) is 12.2. The molecule has 0 atom stereocenters. The summed E-state index contributed by atoms with van der Waals surface area (Å²) >= 11 is 2.16. The average molecular weight is 569 g/mol. The minimum Gasteiger partial charge on any atom is -0.404 e. The molecule has 6 aromatic rings. The summed E-state index contributed by atoms with van der Waals surface area (Å²) in [6.45, 7) is 0. The number of rotatable bonds is 3. The third kappa shape index (κ3) is 5.92. The normalized spacial score (nSPS) is 12.1. The Morgan fingerprint density at radius 3 is 2.26 bits per heavy atom. The van der Waals surface area contributed by atoms with Crippen molar-refractivity contribution < 1.29 is 35.8 Å². The van der Waals surface area contributed by atoms with E-state index in [0.29, 0.717) is 32.1 Å². The smallest absolute Gasteiger partial charge is 0.404 e. The van der Waals surface area contributed by atoms with Crippen LogP contribution in [0.4, 0.5) is 32.2 Å². The van der Waals surface area contributed by atoms with E-state index in [4.69, 9.17) is 5.73 Å². The van der Waals surface area contributed by atoms with Gasteiger partial charge in [-0.3, -0.25) is 0 Å². The molecule has 0 saturated carbocycles. The van der Waals surface area contributed by atoms with Crippen LogP contribution in [-0.2, 0) is 0 Å². The van der Waals surface area contributed by atoms with E-state index in [2.05, 4.69) is 19.6 Å². The van der Waals surface area contributed by atoms with Crippen molar-refractivity contribution in [3.63, 3.8) is 0 Å². The Morgan fingerprint density at radius 2 is 1.53 bits per heavy atom. The van der Waals surface area contributed by atoms with Crippen LogP contribution in [0.25, 0.3) is 36.4 Å². The summed E-state index contributed by atoms with van der Waals surface area (Å²) < 4.78 is 83.8. The van der Waals surface area contributed by atoms with E-state index in [1.54, 1.807) is 54.7 Å². The van der Waals surface area contributed by atoms with Gasteiger partial charge in [-0.25, -0.2) is 9.50 Å². The van der Waals surface area contributed by atoms with Crippen molar-refractivity contribution in [1.29, 1.82) is 0 Å². The summed E-state index contributed by atoms with van der Waals surface area (Å²) in [5.41, 5.74) is 6.84. The topological polar surface area (TPSA) is 74.7 Å². The van der Waals surface area contributed by atoms with Crippen LogP contribution in [-0.4, -0.2) is 27.3 Å². The summed E-state index contributed by atoms with van der Waals surface area (Å²) in [7, 11) is 0. The van der Waals surface area contributed by atoms with Gasteiger partial charge in [0.15, 0.2) is 10.7 Å². The summed E-state index contributed by atoms with van der Waals surface area (Å²) in [4.78, 5) is 5.13. The Labute approximate surface area is 217 Å². The lowest BCUT2D eigenvalue weighted by Gasteiger charge is -2.08. The highest BCUT2D eigenvalue weighted by Crippen LogP contribution is 2.40. The molecule has 0 saturated heterocycles. The van der Waals surface area contributed by atoms with Gasteiger partial charge in [-0.2, -0.15) is 0 Å². The number of hydrogen-bond donors (Lipinski definition) is 1. The van der Waals surface area contributed by atoms with Crippen molar-refractivity contribution in [1.82, 2.24) is 14.6 Å². The van der Waals surface area contributed by atoms with E-state index in [-0.39, 0.29) is 10.8 Å². The van der Waals surface area contributed by atoms with Gasteiger partial charge in [-0.05, 0) is 47.2 Å². The zero-order valence-electron chi connectivity index (χ0n) is 18.7. The molecule has 0 radical (unpaired) electrons. The Kier molecular flexibility index (Phi) is 6.53. The highest BCUT2D eigenvalue weighted by Gasteiger charge is 2.32. The van der Waals surface area contributed by atoms with Gasteiger partial charge in [0, 0.05) is 4.70 Å². The lowest BCUT2D eigenvalue weighted by atomic mass is 10.2. The molecule has 0 unspecified atom stereocenters. The van der Waals surface area contributed by atoms with E-state index in [1.165, 1.54) is 34.1 Å². The number of benzene rings is 2. The van der Waals surface area contributed by atoms with Crippen LogP contribution in [0.1, 0.15) is 0 Å². The fourth-order valence-electron chi connectivity index (χ4n) is 3.51. The second kappa shape index (κ2) is 9.68. The highest BCUT2D eigenvalue weighted by atomic mass is 32.1. The molecule has 2 N–H and O–H groups in total. The van der Waals surface area contributed by atoms with E-state index in [9.17, 15) is 26.3 Å². The van der Waals surface area contributed by atoms with Gasteiger partial charge in [0.2, 0.25) is 0 Å². The molecule has 6 nitrogen and oxygen atoms in total. The Morgan fingerprint density at radius 1 is 0.789 bits per heavy atom. The molecular formula is C24H14F6N4O2S2. The van der Waals surface area contributed by atoms with Crippen LogP contribution in [0.2, 0.25) is 0 Å². The maximum absolute atomic E-state index is 12.5. The molecule has 14 heteroatoms. The zero-order chi connectivity index (χ0) is 27.1. The molecule has 0 spiro atoms. The second-order valence-electron chi connectivity index (χ2n) is 7.67. The molecule has 0 fully saturated rings. The zero-order valence-corrected chi connectivity index (χ0v) is 20.4. The van der Waals surface area contributed by atoms with Gasteiger partial charge in [0.05, 0.1) is 15.8 Å². The molecule has 4 heterocycles. The van der Waals surface area contributed by atoms with Crippen LogP contribution in [0.3, 0.4) is 0 Å². The minimum absolute atomic E-state index is 0.126. The molecule has 2 aromatic carbocycles. The predicted molar refractivity (Wildman–Crippen MR) is 133 cm³/mol. The summed E-state index contributed by atoms with van der Waals surface area (Å²) in [6, 6.07) is 18.1. The van der Waals surface area contributed by atoms with Crippen molar-refractivity contribution in [2.24, 2.45) is 0 Å². The van der Waals surface area contributed by atoms with Crippen LogP contribution in [0.5, 0.6) is 10.8 Å². The van der Waals surface area contributed by atoms with Gasteiger partial charge in [-0.15, -0.1) is 42.8 Å². The van der Waals surface area contributed by atoms with Crippen molar-refractivity contribution in [3.05, 3.63) is 72.9 Å². The SMILES string of the molecule is FC(F)(F)Oc1cc2ccccc2s1.Nc1ccc2nc(-c3cc4cccc(OC(F)(F)F)c4s3)cn2n1. The first-order valence-electron chi connectivity index (χ1n) is 10.6. The molecule has 196 valence electrons. The van der Waals surface area contributed by atoms with Gasteiger partial charge in [0.1, 0.15) is 17.3 Å². The molecular weight excluding hydrogens is 554 g/mol. The van der Waals surface area contributed by atoms with E-state index in [0.717, 1.165) is 21.4 Å². The molecule has 0 bridgehead atoms. The maximum Gasteiger partial charge on any atom is 0.573 e. The van der Waals surface area contributed by atoms with Crippen LogP contribution in [0.15, 0.2) is 72.9 Å². The Hall–Kier alpha value is -4.04. The van der Waals surface area contributed by atoms with Gasteiger partial charge < -0.3 is 15.2 Å². The predicted octanol–water partition coefficient (Wildman–Crippen LogP) is 7.89. The summed E-state index contributed by atoms with van der Waals surface area (Å²) in [6.07, 6.45) is -7.66. The van der Waals surface area contributed by atoms with Crippen molar-refractivity contribution in [2.45, 2.75) is 12.7 Å². The van der Waals surface area contributed by atoms with Crippen molar-refractivity contribution >= 4 is 54.3 Å². The number of nitrogen functional groups attached to an aromatic ring is 1. The quantitative estimate of drug-likeness (QED) is 0.220. The Bertz CT molecular complexity index is 1710. The van der Waals surface area contributed by atoms with Crippen molar-refractivity contribution in [3.8, 4) is 21.4 Å². The first kappa shape index (κ1) is 25.6. The maximum atomic E-state index is 12.5. The third-order valence-corrected chi connectivity index (χ3v) is 7.13. The van der Waals surface area contributed by atoms with Crippen LogP contribution >= 0.6 is 22.7 Å². The summed E-state index contributed by atoms with van der Waals surface area (Å²) in [5.74, 6) is 0.131. The first-order chi connectivity index (χ1) is 17.9. The number of fused-ring (bicyclic) bond motifs is 3. The van der Waals surface area contributed by atoms with Gasteiger partial charge in [0.25, 0.3) is 0 Å². The molecule has 4 aromatic heterocycles. The van der Waals surface area contributed by atoms with Crippen LogP contribution < -0.4 is 15.2 Å². The molecule has 6 rings (SSSR count). The van der Waals surface area contributed by atoms with Gasteiger partial charge >= 0.3 is 12.7 Å². The monoisotopic (exact) mass is 568 g/mol. The molecule has 0 aliphatic heterocycles. The number of imidazole rings is 1. The average Bonchev–Trinajstić information content (AvgIpc) is 3.53. The fourth-order valence-corrected chi connectivity index (χ4v) is 5.50. The molecule has 38 heavy (non-hydrogen) atoms. The number of alkyl halides is 6. The highest BCUT2D eigenvalue weighted by molar-refractivity contribution is 7.22. The van der Waals surface area contributed by atoms with Crippen molar-refractivity contribution in [2.75, 3.05) is 5.73 Å². The molecule has 0 aliphatic rings. The number of hydrogen-bond acceptors (Lipinski definition) is 7. The lowest BCUT2D eigenvalue weighted by molar-refractivity contribution is -0.274. The minimum atomic E-state index is -4.73. The number of aromatic nitrogens is 3. The van der Waals surface area contributed by atoms with Gasteiger partial charge in [-0.1, -0.05) is 41.7 Å². The standard InChI is InChI=1S/C15H9F3N4OS.C9H5F3OS/c16-15(17,18)23-10-3-1-2-8-6-11(24-14(8)10)9-7-22-13(20-9)5-4-12(19)21-22;10-9(11,12)13-8-5-6-3-1-2-4-7(6)14-8/h1-7H,(H2,19,21);1-5H. The Balaban J connectivity index is 0.000000179. The van der Waals surface area contributed by atoms with E-state index >= 15 is 0 Å². The third-order valence-electron chi connectivity index (χ3n) is 4.95. The number of anilines is 1. The van der Waals surface area contributed by atoms with Crippen LogP contribution in [0, 0.1) is 0 Å². The second-order valence-corrected chi connectivity index (χ2v) is 9.77. The molecule has 0 amide bonds.